The SMILES string of the molecule is CC(C)(C)N1CCN(c2ccc(-c3cc(OCCN4CCOCC4)cn4ncc(C#N)c34)cn2)CC1. The molecule has 5 heterocycles. The fourth-order valence-corrected chi connectivity index (χ4v) is 4.93. The highest BCUT2D eigenvalue weighted by molar-refractivity contribution is 5.85. The molecule has 0 bridgehead atoms. The van der Waals surface area contributed by atoms with Crippen LogP contribution < -0.4 is 9.64 Å². The van der Waals surface area contributed by atoms with Crippen LogP contribution in [0.2, 0.25) is 0 Å². The van der Waals surface area contributed by atoms with Gasteiger partial charge in [0.15, 0.2) is 0 Å². The molecular weight excluding hydrogens is 454 g/mol. The molecule has 190 valence electrons. The van der Waals surface area contributed by atoms with Gasteiger partial charge in [-0.1, -0.05) is 0 Å². The number of hydrogen-bond donors (Lipinski definition) is 0. The van der Waals surface area contributed by atoms with Gasteiger partial charge >= 0.3 is 0 Å². The number of fused-ring (bicyclic) bond motifs is 1. The van der Waals surface area contributed by atoms with Gasteiger partial charge in [-0.25, -0.2) is 9.50 Å². The van der Waals surface area contributed by atoms with E-state index in [1.165, 1.54) is 0 Å². The van der Waals surface area contributed by atoms with Crippen molar-refractivity contribution in [3.8, 4) is 22.9 Å². The summed E-state index contributed by atoms with van der Waals surface area (Å²) in [6, 6.07) is 8.42. The molecular formula is C27H35N7O2. The Balaban J connectivity index is 1.34. The van der Waals surface area contributed by atoms with Crippen LogP contribution in [0, 0.1) is 11.3 Å². The molecule has 0 saturated carbocycles. The number of rotatable bonds is 6. The maximum Gasteiger partial charge on any atom is 0.138 e. The molecule has 0 spiro atoms. The summed E-state index contributed by atoms with van der Waals surface area (Å²) in [5.74, 6) is 1.70. The van der Waals surface area contributed by atoms with Gasteiger partial charge in [0.1, 0.15) is 24.2 Å². The van der Waals surface area contributed by atoms with E-state index in [-0.39, 0.29) is 5.54 Å². The number of anilines is 1. The van der Waals surface area contributed by atoms with E-state index >= 15 is 0 Å². The largest absolute Gasteiger partial charge is 0.491 e. The molecule has 2 fully saturated rings. The highest BCUT2D eigenvalue weighted by Crippen LogP contribution is 2.31. The fraction of sp³-hybridized carbons (Fsp3) is 0.519. The van der Waals surface area contributed by atoms with Crippen LogP contribution in [0.1, 0.15) is 26.3 Å². The third-order valence-electron chi connectivity index (χ3n) is 7.10. The van der Waals surface area contributed by atoms with E-state index in [4.69, 9.17) is 14.5 Å². The normalized spacial score (nSPS) is 17.9. The van der Waals surface area contributed by atoms with Crippen LogP contribution in [0.25, 0.3) is 16.6 Å². The average molecular weight is 490 g/mol. The van der Waals surface area contributed by atoms with Crippen molar-refractivity contribution >= 4 is 11.3 Å². The standard InChI is InChI=1S/C27H35N7O2/c1-27(2,3)33-8-6-32(7-9-33)25-5-4-21(18-29-25)24-16-23(20-34-26(24)22(17-28)19-30-34)36-15-12-31-10-13-35-14-11-31/h4-5,16,18-20H,6-15H2,1-3H3. The van der Waals surface area contributed by atoms with Gasteiger partial charge in [-0.2, -0.15) is 10.4 Å². The number of nitriles is 1. The summed E-state index contributed by atoms with van der Waals surface area (Å²) >= 11 is 0. The minimum Gasteiger partial charge on any atom is -0.491 e. The van der Waals surface area contributed by atoms with Crippen molar-refractivity contribution in [1.82, 2.24) is 24.4 Å². The Morgan fingerprint density at radius 1 is 1.06 bits per heavy atom. The number of aromatic nitrogens is 3. The molecule has 3 aromatic heterocycles. The molecule has 0 amide bonds. The Bertz CT molecular complexity index is 1210. The minimum absolute atomic E-state index is 0.188. The zero-order chi connectivity index (χ0) is 25.1. The molecule has 0 unspecified atom stereocenters. The zero-order valence-corrected chi connectivity index (χ0v) is 21.5. The van der Waals surface area contributed by atoms with Crippen LogP contribution >= 0.6 is 0 Å². The van der Waals surface area contributed by atoms with Crippen LogP contribution in [-0.2, 0) is 4.74 Å². The number of piperazine rings is 1. The van der Waals surface area contributed by atoms with Crippen molar-refractivity contribution in [3.05, 3.63) is 42.4 Å². The Labute approximate surface area is 212 Å². The van der Waals surface area contributed by atoms with E-state index in [1.54, 1.807) is 10.7 Å². The molecule has 9 heteroatoms. The Morgan fingerprint density at radius 2 is 1.83 bits per heavy atom. The van der Waals surface area contributed by atoms with Crippen molar-refractivity contribution < 1.29 is 9.47 Å². The second kappa shape index (κ2) is 10.4. The Hall–Kier alpha value is -3.19. The van der Waals surface area contributed by atoms with Crippen molar-refractivity contribution in [1.29, 1.82) is 5.26 Å². The zero-order valence-electron chi connectivity index (χ0n) is 21.5. The van der Waals surface area contributed by atoms with Crippen LogP contribution in [0.5, 0.6) is 5.75 Å². The summed E-state index contributed by atoms with van der Waals surface area (Å²) in [4.78, 5) is 12.0. The second-order valence-electron chi connectivity index (χ2n) is 10.4. The summed E-state index contributed by atoms with van der Waals surface area (Å²) < 4.78 is 13.3. The number of pyridine rings is 2. The van der Waals surface area contributed by atoms with Crippen molar-refractivity contribution in [2.75, 3.05) is 70.5 Å². The molecule has 0 atom stereocenters. The third-order valence-corrected chi connectivity index (χ3v) is 7.10. The van der Waals surface area contributed by atoms with Crippen molar-refractivity contribution in [2.24, 2.45) is 0 Å². The molecule has 3 aromatic rings. The van der Waals surface area contributed by atoms with Crippen LogP contribution in [0.3, 0.4) is 0 Å². The van der Waals surface area contributed by atoms with E-state index in [0.29, 0.717) is 12.2 Å². The lowest BCUT2D eigenvalue weighted by molar-refractivity contribution is 0.0322. The monoisotopic (exact) mass is 489 g/mol. The van der Waals surface area contributed by atoms with Gasteiger partial charge in [-0.3, -0.25) is 9.80 Å². The van der Waals surface area contributed by atoms with Gasteiger partial charge in [-0.05, 0) is 39.0 Å². The first kappa shape index (κ1) is 24.5. The first-order valence-electron chi connectivity index (χ1n) is 12.7. The van der Waals surface area contributed by atoms with Crippen LogP contribution in [0.4, 0.5) is 5.82 Å². The Kier molecular flexibility index (Phi) is 7.10. The first-order chi connectivity index (χ1) is 17.4. The summed E-state index contributed by atoms with van der Waals surface area (Å²) in [6.07, 6.45) is 5.34. The van der Waals surface area contributed by atoms with Gasteiger partial charge in [-0.15, -0.1) is 0 Å². The number of nitrogens with zero attached hydrogens (tertiary/aromatic N) is 7. The van der Waals surface area contributed by atoms with Crippen LogP contribution in [-0.4, -0.2) is 95.6 Å². The number of ether oxygens (including phenoxy) is 2. The lowest BCUT2D eigenvalue weighted by Crippen LogP contribution is -2.53. The highest BCUT2D eigenvalue weighted by atomic mass is 16.5. The molecule has 0 aromatic carbocycles. The Morgan fingerprint density at radius 3 is 2.50 bits per heavy atom. The van der Waals surface area contributed by atoms with Gasteiger partial charge in [0.2, 0.25) is 0 Å². The summed E-state index contributed by atoms with van der Waals surface area (Å²) in [7, 11) is 0. The molecule has 2 aliphatic rings. The van der Waals surface area contributed by atoms with Crippen molar-refractivity contribution in [3.63, 3.8) is 0 Å². The van der Waals surface area contributed by atoms with E-state index < -0.39 is 0 Å². The van der Waals surface area contributed by atoms with E-state index in [9.17, 15) is 5.26 Å². The molecule has 0 N–H and O–H groups in total. The highest BCUT2D eigenvalue weighted by Gasteiger charge is 2.26. The first-order valence-corrected chi connectivity index (χ1v) is 12.7. The number of morpholine rings is 1. The molecule has 0 aliphatic carbocycles. The lowest BCUT2D eigenvalue weighted by atomic mass is 10.0. The molecule has 9 nitrogen and oxygen atoms in total. The summed E-state index contributed by atoms with van der Waals surface area (Å²) in [5, 5.41) is 14.1. The number of hydrogen-bond acceptors (Lipinski definition) is 8. The maximum absolute atomic E-state index is 9.67. The van der Waals surface area contributed by atoms with E-state index in [0.717, 1.165) is 87.2 Å². The predicted octanol–water partition coefficient (Wildman–Crippen LogP) is 2.90. The maximum atomic E-state index is 9.67. The van der Waals surface area contributed by atoms with Crippen LogP contribution in [0.15, 0.2) is 36.8 Å². The van der Waals surface area contributed by atoms with Gasteiger partial charge < -0.3 is 14.4 Å². The quantitative estimate of drug-likeness (QED) is 0.523. The smallest absolute Gasteiger partial charge is 0.138 e. The topological polar surface area (TPSA) is 82.2 Å². The second-order valence-corrected chi connectivity index (χ2v) is 10.4. The predicted molar refractivity (Wildman–Crippen MR) is 139 cm³/mol. The summed E-state index contributed by atoms with van der Waals surface area (Å²) in [5.41, 5.74) is 3.32. The summed E-state index contributed by atoms with van der Waals surface area (Å²) in [6.45, 7) is 15.6. The van der Waals surface area contributed by atoms with Gasteiger partial charge in [0, 0.05) is 68.7 Å². The molecule has 0 radical (unpaired) electrons. The fourth-order valence-electron chi connectivity index (χ4n) is 4.93. The van der Waals surface area contributed by atoms with E-state index in [1.807, 2.05) is 18.5 Å². The average Bonchev–Trinajstić information content (AvgIpc) is 3.32. The van der Waals surface area contributed by atoms with Gasteiger partial charge in [0.25, 0.3) is 0 Å². The van der Waals surface area contributed by atoms with Gasteiger partial charge in [0.05, 0.1) is 36.7 Å². The minimum atomic E-state index is 0.188. The molecule has 2 saturated heterocycles. The molecule has 36 heavy (non-hydrogen) atoms. The van der Waals surface area contributed by atoms with E-state index in [2.05, 4.69) is 58.8 Å². The third kappa shape index (κ3) is 5.31. The lowest BCUT2D eigenvalue weighted by Gasteiger charge is -2.42. The van der Waals surface area contributed by atoms with Crippen molar-refractivity contribution in [2.45, 2.75) is 26.3 Å². The molecule has 5 rings (SSSR count). The molecule has 2 aliphatic heterocycles.